The normalized spacial score (nSPS) is 15.9. The second-order valence-electron chi connectivity index (χ2n) is 4.70. The number of carbonyl (C=O) groups excluding carboxylic acids is 1. The van der Waals surface area contributed by atoms with Crippen LogP contribution >= 0.6 is 0 Å². The highest BCUT2D eigenvalue weighted by Crippen LogP contribution is 2.22. The number of urea groups is 1. The summed E-state index contributed by atoms with van der Waals surface area (Å²) >= 11 is 0. The number of hydrogen-bond acceptors (Lipinski definition) is 4. The number of nitrogens with two attached hydrogens (primary N) is 1. The number of nitrogens with one attached hydrogen (secondary N) is 1. The maximum atomic E-state index is 13.3. The number of nitrogens with zero attached hydrogens (tertiary/aromatic N) is 2. The number of non-ortho nitro benzene ring substituents is 1. The largest absolute Gasteiger partial charge is 0.382 e. The number of likely N-dealkylation sites (tertiary alicyclic amines) is 1. The van der Waals surface area contributed by atoms with E-state index >= 15 is 0 Å². The Bertz CT molecular complexity index is 529. The van der Waals surface area contributed by atoms with E-state index in [1.165, 1.54) is 17.0 Å². The lowest BCUT2D eigenvalue weighted by Crippen LogP contribution is -2.44. The average Bonchev–Trinajstić information content (AvgIpc) is 2.38. The first kappa shape index (κ1) is 14.0. The van der Waals surface area contributed by atoms with Crippen LogP contribution < -0.4 is 11.1 Å². The Morgan fingerprint density at radius 2 is 2.05 bits per heavy atom. The Hall–Kier alpha value is -2.38. The van der Waals surface area contributed by atoms with E-state index in [0.29, 0.717) is 31.6 Å². The Kier molecular flexibility index (Phi) is 4.02. The van der Waals surface area contributed by atoms with Gasteiger partial charge in [-0.25, -0.2) is 9.18 Å². The second kappa shape index (κ2) is 5.72. The van der Waals surface area contributed by atoms with Crippen LogP contribution in [0.5, 0.6) is 0 Å². The van der Waals surface area contributed by atoms with Gasteiger partial charge in [0, 0.05) is 30.9 Å². The third kappa shape index (κ3) is 3.34. The molecule has 1 aliphatic rings. The molecule has 0 unspecified atom stereocenters. The topological polar surface area (TPSA) is 102 Å². The molecule has 3 N–H and O–H groups in total. The van der Waals surface area contributed by atoms with Gasteiger partial charge in [0.15, 0.2) is 0 Å². The third-order valence-electron chi connectivity index (χ3n) is 3.27. The van der Waals surface area contributed by atoms with E-state index in [-0.39, 0.29) is 11.7 Å². The Labute approximate surface area is 114 Å². The highest BCUT2D eigenvalue weighted by molar-refractivity contribution is 5.72. The maximum absolute atomic E-state index is 13.3. The average molecular weight is 282 g/mol. The standard InChI is InChI=1S/C12H15FN4O3/c13-8-5-10(7-11(6-8)17(19)20)15-9-1-3-16(4-2-9)12(14)18/h5-7,9,15H,1-4H2,(H2,14,18). The number of halogens is 1. The number of amides is 2. The van der Waals surface area contributed by atoms with E-state index < -0.39 is 16.8 Å². The molecule has 1 aromatic rings. The highest BCUT2D eigenvalue weighted by atomic mass is 19.1. The van der Waals surface area contributed by atoms with Gasteiger partial charge in [-0.1, -0.05) is 0 Å². The van der Waals surface area contributed by atoms with Crippen molar-refractivity contribution in [3.63, 3.8) is 0 Å². The molecular weight excluding hydrogens is 267 g/mol. The summed E-state index contributed by atoms with van der Waals surface area (Å²) in [5.74, 6) is -0.656. The summed E-state index contributed by atoms with van der Waals surface area (Å²) in [5, 5.41) is 13.7. The van der Waals surface area contributed by atoms with Gasteiger partial charge in [0.05, 0.1) is 11.0 Å². The molecule has 0 spiro atoms. The first-order valence-corrected chi connectivity index (χ1v) is 6.21. The first-order chi connectivity index (χ1) is 9.45. The molecule has 20 heavy (non-hydrogen) atoms. The second-order valence-corrected chi connectivity index (χ2v) is 4.70. The summed E-state index contributed by atoms with van der Waals surface area (Å²) in [6.07, 6.45) is 1.32. The number of hydrogen-bond donors (Lipinski definition) is 2. The van der Waals surface area contributed by atoms with Crippen LogP contribution in [0, 0.1) is 15.9 Å². The predicted octanol–water partition coefficient (Wildman–Crippen LogP) is 1.69. The molecular formula is C12H15FN4O3. The molecule has 0 aromatic heterocycles. The monoisotopic (exact) mass is 282 g/mol. The summed E-state index contributed by atoms with van der Waals surface area (Å²) in [6.45, 7) is 1.04. The highest BCUT2D eigenvalue weighted by Gasteiger charge is 2.21. The fourth-order valence-corrected chi connectivity index (χ4v) is 2.24. The van der Waals surface area contributed by atoms with Crippen molar-refractivity contribution in [3.8, 4) is 0 Å². The zero-order valence-corrected chi connectivity index (χ0v) is 10.7. The smallest absolute Gasteiger partial charge is 0.314 e. The minimum absolute atomic E-state index is 0.0343. The lowest BCUT2D eigenvalue weighted by atomic mass is 10.0. The minimum atomic E-state index is -0.656. The van der Waals surface area contributed by atoms with Crippen LogP contribution in [0.2, 0.25) is 0 Å². The van der Waals surface area contributed by atoms with Crippen LogP contribution in [-0.4, -0.2) is 35.0 Å². The summed E-state index contributed by atoms with van der Waals surface area (Å²) < 4.78 is 13.3. The molecule has 2 rings (SSSR count). The van der Waals surface area contributed by atoms with E-state index in [1.54, 1.807) is 0 Å². The first-order valence-electron chi connectivity index (χ1n) is 6.21. The van der Waals surface area contributed by atoms with Crippen molar-refractivity contribution in [2.45, 2.75) is 18.9 Å². The van der Waals surface area contributed by atoms with Gasteiger partial charge in [-0.05, 0) is 18.9 Å². The van der Waals surface area contributed by atoms with Gasteiger partial charge in [-0.2, -0.15) is 0 Å². The quantitative estimate of drug-likeness (QED) is 0.650. The Morgan fingerprint density at radius 3 is 2.60 bits per heavy atom. The SMILES string of the molecule is NC(=O)N1CCC(Nc2cc(F)cc([N+](=O)[O-])c2)CC1. The molecule has 0 atom stereocenters. The van der Waals surface area contributed by atoms with Gasteiger partial charge in [-0.15, -0.1) is 0 Å². The number of benzene rings is 1. The lowest BCUT2D eigenvalue weighted by Gasteiger charge is -2.31. The van der Waals surface area contributed by atoms with Crippen molar-refractivity contribution in [1.29, 1.82) is 0 Å². The molecule has 0 aliphatic carbocycles. The predicted molar refractivity (Wildman–Crippen MR) is 70.9 cm³/mol. The van der Waals surface area contributed by atoms with Gasteiger partial charge in [0.25, 0.3) is 5.69 Å². The van der Waals surface area contributed by atoms with Crippen molar-refractivity contribution < 1.29 is 14.1 Å². The zero-order valence-electron chi connectivity index (χ0n) is 10.7. The number of rotatable bonds is 3. The summed E-state index contributed by atoms with van der Waals surface area (Å²) in [4.78, 5) is 22.6. The van der Waals surface area contributed by atoms with Crippen LogP contribution in [0.1, 0.15) is 12.8 Å². The molecule has 1 saturated heterocycles. The van der Waals surface area contributed by atoms with E-state index in [2.05, 4.69) is 5.32 Å². The minimum Gasteiger partial charge on any atom is -0.382 e. The van der Waals surface area contributed by atoms with E-state index in [9.17, 15) is 19.3 Å². The zero-order chi connectivity index (χ0) is 14.7. The van der Waals surface area contributed by atoms with E-state index in [4.69, 9.17) is 5.73 Å². The van der Waals surface area contributed by atoms with E-state index in [1.807, 2.05) is 0 Å². The molecule has 2 amide bonds. The summed E-state index contributed by atoms with van der Waals surface area (Å²) in [5.41, 5.74) is 5.26. The molecule has 1 aliphatic heterocycles. The van der Waals surface area contributed by atoms with Gasteiger partial charge in [0.1, 0.15) is 5.82 Å². The third-order valence-corrected chi connectivity index (χ3v) is 3.27. The fraction of sp³-hybridized carbons (Fsp3) is 0.417. The van der Waals surface area contributed by atoms with Crippen LogP contribution in [0.4, 0.5) is 20.6 Å². The fourth-order valence-electron chi connectivity index (χ4n) is 2.24. The van der Waals surface area contributed by atoms with Gasteiger partial charge in [-0.3, -0.25) is 10.1 Å². The molecule has 1 fully saturated rings. The maximum Gasteiger partial charge on any atom is 0.314 e. The molecule has 108 valence electrons. The number of carbonyl (C=O) groups is 1. The molecule has 0 bridgehead atoms. The van der Waals surface area contributed by atoms with Crippen LogP contribution in [-0.2, 0) is 0 Å². The molecule has 1 heterocycles. The Balaban J connectivity index is 2.01. The molecule has 8 heteroatoms. The van der Waals surface area contributed by atoms with Crippen LogP contribution in [0.3, 0.4) is 0 Å². The van der Waals surface area contributed by atoms with Crippen LogP contribution in [0.15, 0.2) is 18.2 Å². The number of nitro benzene ring substituents is 1. The summed E-state index contributed by atoms with van der Waals surface area (Å²) in [7, 11) is 0. The van der Waals surface area contributed by atoms with Gasteiger partial charge >= 0.3 is 6.03 Å². The van der Waals surface area contributed by atoms with Crippen molar-refractivity contribution in [3.05, 3.63) is 34.1 Å². The lowest BCUT2D eigenvalue weighted by molar-refractivity contribution is -0.385. The number of piperidine rings is 1. The van der Waals surface area contributed by atoms with Gasteiger partial charge in [0.2, 0.25) is 0 Å². The Morgan fingerprint density at radius 1 is 1.40 bits per heavy atom. The van der Waals surface area contributed by atoms with E-state index in [0.717, 1.165) is 6.07 Å². The number of nitro groups is 1. The van der Waals surface area contributed by atoms with Gasteiger partial charge < -0.3 is 16.0 Å². The summed E-state index contributed by atoms with van der Waals surface area (Å²) in [6, 6.07) is 2.97. The molecule has 1 aromatic carbocycles. The van der Waals surface area contributed by atoms with Crippen molar-refractivity contribution in [2.75, 3.05) is 18.4 Å². The van der Waals surface area contributed by atoms with Crippen molar-refractivity contribution in [2.24, 2.45) is 5.73 Å². The molecule has 7 nitrogen and oxygen atoms in total. The van der Waals surface area contributed by atoms with Crippen molar-refractivity contribution >= 4 is 17.4 Å². The number of anilines is 1. The van der Waals surface area contributed by atoms with Crippen molar-refractivity contribution in [1.82, 2.24) is 4.90 Å². The molecule has 0 radical (unpaired) electrons. The number of primary amides is 1. The van der Waals surface area contributed by atoms with Crippen LogP contribution in [0.25, 0.3) is 0 Å². The molecule has 0 saturated carbocycles.